The van der Waals surface area contributed by atoms with Crippen LogP contribution in [0.15, 0.2) is 54.1 Å². The van der Waals surface area contributed by atoms with Crippen LogP contribution in [0.5, 0.6) is 0 Å². The number of para-hydroxylation sites is 1. The van der Waals surface area contributed by atoms with Gasteiger partial charge < -0.3 is 5.73 Å². The van der Waals surface area contributed by atoms with Crippen molar-refractivity contribution in [1.82, 2.24) is 19.7 Å². The molecule has 6 heteroatoms. The molecule has 100 valence electrons. The van der Waals surface area contributed by atoms with Gasteiger partial charge in [0.25, 0.3) is 0 Å². The van der Waals surface area contributed by atoms with Crippen LogP contribution in [0.3, 0.4) is 0 Å². The van der Waals surface area contributed by atoms with Crippen LogP contribution in [0.25, 0.3) is 16.9 Å². The van der Waals surface area contributed by atoms with Crippen LogP contribution in [0, 0.1) is 0 Å². The quantitative estimate of drug-likeness (QED) is 0.454. The van der Waals surface area contributed by atoms with Crippen LogP contribution in [-0.4, -0.2) is 26.0 Å². The fraction of sp³-hybridized carbons (Fsp3) is 0.0714. The van der Waals surface area contributed by atoms with E-state index in [4.69, 9.17) is 5.73 Å². The summed E-state index contributed by atoms with van der Waals surface area (Å²) in [6.07, 6.45) is 7.22. The summed E-state index contributed by atoms with van der Waals surface area (Å²) in [5, 5.41) is 5.25. The minimum Gasteiger partial charge on any atom is -0.398 e. The Morgan fingerprint density at radius 1 is 1.20 bits per heavy atom. The number of anilines is 1. The Balaban J connectivity index is 2.00. The number of hydrogen-bond donors (Lipinski definition) is 1. The summed E-state index contributed by atoms with van der Waals surface area (Å²) < 4.78 is 1.73. The van der Waals surface area contributed by atoms with E-state index in [1.165, 1.54) is 0 Å². The first-order valence-electron chi connectivity index (χ1n) is 6.04. The maximum atomic E-state index is 5.98. The van der Waals surface area contributed by atoms with Crippen molar-refractivity contribution in [1.29, 1.82) is 0 Å². The third-order valence-corrected chi connectivity index (χ3v) is 3.57. The molecule has 20 heavy (non-hydrogen) atoms. The molecule has 2 aromatic heterocycles. The lowest BCUT2D eigenvalue weighted by Gasteiger charge is -2.02. The van der Waals surface area contributed by atoms with Crippen LogP contribution < -0.4 is 5.73 Å². The zero-order valence-corrected chi connectivity index (χ0v) is 11.7. The molecule has 5 nitrogen and oxygen atoms in total. The van der Waals surface area contributed by atoms with Crippen LogP contribution in [0.1, 0.15) is 0 Å². The van der Waals surface area contributed by atoms with E-state index in [9.17, 15) is 0 Å². The molecule has 3 aromatic rings. The van der Waals surface area contributed by atoms with E-state index < -0.39 is 0 Å². The van der Waals surface area contributed by atoms with Gasteiger partial charge in [0.15, 0.2) is 5.82 Å². The Labute approximate surface area is 120 Å². The number of nitrogens with two attached hydrogens (primary N) is 1. The van der Waals surface area contributed by atoms with Gasteiger partial charge in [-0.05, 0) is 12.3 Å². The first-order valence-corrected chi connectivity index (χ1v) is 7.26. The molecule has 0 atom stereocenters. The molecule has 2 heterocycles. The van der Waals surface area contributed by atoms with Crippen molar-refractivity contribution >= 4 is 17.4 Å². The Kier molecular flexibility index (Phi) is 3.39. The van der Waals surface area contributed by atoms with Crippen LogP contribution in [0.4, 0.5) is 5.69 Å². The third-order valence-electron chi connectivity index (χ3n) is 2.93. The smallest absolute Gasteiger partial charge is 0.157 e. The molecule has 1 aromatic carbocycles. The van der Waals surface area contributed by atoms with E-state index in [0.29, 0.717) is 0 Å². The van der Waals surface area contributed by atoms with E-state index in [0.717, 1.165) is 27.7 Å². The van der Waals surface area contributed by atoms with Gasteiger partial charge in [0.1, 0.15) is 11.4 Å². The molecule has 0 unspecified atom stereocenters. The Hall–Kier alpha value is -2.34. The second-order valence-corrected chi connectivity index (χ2v) is 5.01. The molecule has 0 aliphatic carbocycles. The highest BCUT2D eigenvalue weighted by Gasteiger charge is 2.07. The maximum Gasteiger partial charge on any atom is 0.157 e. The maximum absolute atomic E-state index is 5.98. The number of rotatable bonds is 3. The van der Waals surface area contributed by atoms with Gasteiger partial charge in [-0.15, -0.1) is 11.8 Å². The Morgan fingerprint density at radius 3 is 2.85 bits per heavy atom. The predicted octanol–water partition coefficient (Wildman–Crippen LogP) is 2.63. The summed E-state index contributed by atoms with van der Waals surface area (Å²) in [4.78, 5) is 8.39. The van der Waals surface area contributed by atoms with Crippen molar-refractivity contribution in [2.24, 2.45) is 0 Å². The van der Waals surface area contributed by atoms with Gasteiger partial charge in [0.05, 0.1) is 6.20 Å². The molecular weight excluding hydrogens is 270 g/mol. The second kappa shape index (κ2) is 5.34. The largest absolute Gasteiger partial charge is 0.398 e. The Morgan fingerprint density at radius 2 is 2.05 bits per heavy atom. The highest BCUT2D eigenvalue weighted by atomic mass is 32.2. The summed E-state index contributed by atoms with van der Waals surface area (Å²) in [5.74, 6) is 0.741. The van der Waals surface area contributed by atoms with Gasteiger partial charge in [-0.3, -0.25) is 0 Å². The SMILES string of the molecule is CSc1cc(-n2cc(-c3ccccc3N)cn2)ncn1. The molecule has 0 radical (unpaired) electrons. The minimum absolute atomic E-state index is 0.736. The highest BCUT2D eigenvalue weighted by Crippen LogP contribution is 2.25. The average Bonchev–Trinajstić information content (AvgIpc) is 2.97. The molecule has 0 fully saturated rings. The first-order chi connectivity index (χ1) is 9.78. The number of benzene rings is 1. The lowest BCUT2D eigenvalue weighted by Crippen LogP contribution is -1.98. The molecule has 3 rings (SSSR count). The standard InChI is InChI=1S/C14H13N5S/c1-20-14-6-13(16-9-17-14)19-8-10(7-18-19)11-4-2-3-5-12(11)15/h2-9H,15H2,1H3. The molecule has 0 spiro atoms. The normalized spacial score (nSPS) is 10.7. The van der Waals surface area contributed by atoms with E-state index in [2.05, 4.69) is 15.1 Å². The predicted molar refractivity (Wildman–Crippen MR) is 80.8 cm³/mol. The van der Waals surface area contributed by atoms with Crippen molar-refractivity contribution in [3.63, 3.8) is 0 Å². The molecule has 2 N–H and O–H groups in total. The van der Waals surface area contributed by atoms with E-state index in [-0.39, 0.29) is 0 Å². The van der Waals surface area contributed by atoms with Gasteiger partial charge in [-0.2, -0.15) is 5.10 Å². The molecule has 0 aliphatic rings. The molecule has 0 bridgehead atoms. The monoisotopic (exact) mass is 283 g/mol. The minimum atomic E-state index is 0.736. The average molecular weight is 283 g/mol. The van der Waals surface area contributed by atoms with E-state index in [1.54, 1.807) is 29.0 Å². The molecule has 0 aliphatic heterocycles. The van der Waals surface area contributed by atoms with Crippen molar-refractivity contribution in [2.75, 3.05) is 12.0 Å². The zero-order chi connectivity index (χ0) is 13.9. The summed E-state index contributed by atoms with van der Waals surface area (Å²) in [7, 11) is 0. The third kappa shape index (κ3) is 2.37. The van der Waals surface area contributed by atoms with Crippen molar-refractivity contribution in [2.45, 2.75) is 5.03 Å². The first kappa shape index (κ1) is 12.7. The topological polar surface area (TPSA) is 69.6 Å². The summed E-state index contributed by atoms with van der Waals surface area (Å²) in [6, 6.07) is 9.63. The van der Waals surface area contributed by atoms with Crippen molar-refractivity contribution < 1.29 is 0 Å². The fourth-order valence-electron chi connectivity index (χ4n) is 1.91. The summed E-state index contributed by atoms with van der Waals surface area (Å²) >= 11 is 1.57. The zero-order valence-electron chi connectivity index (χ0n) is 10.9. The molecule has 0 saturated carbocycles. The fourth-order valence-corrected chi connectivity index (χ4v) is 2.29. The Bertz CT molecular complexity index is 738. The number of thioether (sulfide) groups is 1. The van der Waals surface area contributed by atoms with E-state index in [1.807, 2.05) is 42.8 Å². The van der Waals surface area contributed by atoms with Gasteiger partial charge in [-0.1, -0.05) is 18.2 Å². The van der Waals surface area contributed by atoms with Gasteiger partial charge in [-0.25, -0.2) is 14.6 Å². The van der Waals surface area contributed by atoms with Crippen LogP contribution in [0.2, 0.25) is 0 Å². The summed E-state index contributed by atoms with van der Waals surface area (Å²) in [6.45, 7) is 0. The van der Waals surface area contributed by atoms with Gasteiger partial charge >= 0.3 is 0 Å². The highest BCUT2D eigenvalue weighted by molar-refractivity contribution is 7.98. The lowest BCUT2D eigenvalue weighted by atomic mass is 10.1. The number of hydrogen-bond acceptors (Lipinski definition) is 5. The van der Waals surface area contributed by atoms with Crippen LogP contribution >= 0.6 is 11.8 Å². The summed E-state index contributed by atoms with van der Waals surface area (Å²) in [5.41, 5.74) is 8.65. The molecular formula is C14H13N5S. The van der Waals surface area contributed by atoms with Crippen molar-refractivity contribution in [3.8, 4) is 16.9 Å². The van der Waals surface area contributed by atoms with E-state index >= 15 is 0 Å². The molecule has 0 saturated heterocycles. The number of nitrogens with zero attached hydrogens (tertiary/aromatic N) is 4. The van der Waals surface area contributed by atoms with Crippen LogP contribution in [-0.2, 0) is 0 Å². The van der Waals surface area contributed by atoms with Gasteiger partial charge in [0.2, 0.25) is 0 Å². The second-order valence-electron chi connectivity index (χ2n) is 4.18. The lowest BCUT2D eigenvalue weighted by molar-refractivity contribution is 0.827. The number of nitrogen functional groups attached to an aromatic ring is 1. The number of aromatic nitrogens is 4. The van der Waals surface area contributed by atoms with Gasteiger partial charge in [0, 0.05) is 29.1 Å². The van der Waals surface area contributed by atoms with Crippen molar-refractivity contribution in [3.05, 3.63) is 49.1 Å². The molecule has 0 amide bonds.